The summed E-state index contributed by atoms with van der Waals surface area (Å²) in [4.78, 5) is 23.9. The molecular formula is C28H38F3N5O3. The third-order valence-corrected chi connectivity index (χ3v) is 8.54. The summed E-state index contributed by atoms with van der Waals surface area (Å²) in [6.45, 7) is 11.7. The Labute approximate surface area is 227 Å². The fraction of sp³-hybridized carbons (Fsp3) is 0.607. The number of piperazine rings is 1. The number of methoxy groups -OCH3 is 1. The monoisotopic (exact) mass is 549 g/mol. The van der Waals surface area contributed by atoms with Gasteiger partial charge in [-0.05, 0) is 51.3 Å². The van der Waals surface area contributed by atoms with E-state index in [1.165, 1.54) is 6.33 Å². The highest BCUT2D eigenvalue weighted by molar-refractivity contribution is 5.96. The summed E-state index contributed by atoms with van der Waals surface area (Å²) in [5.41, 5.74) is 1.37. The number of aromatic nitrogens is 2. The Balaban J connectivity index is 1.41. The molecule has 0 bridgehead atoms. The van der Waals surface area contributed by atoms with Crippen LogP contribution in [0, 0.1) is 19.1 Å². The first-order chi connectivity index (χ1) is 18.4. The molecule has 2 saturated heterocycles. The normalized spacial score (nSPS) is 21.6. The van der Waals surface area contributed by atoms with Gasteiger partial charge in [0.1, 0.15) is 11.3 Å². The van der Waals surface area contributed by atoms with E-state index in [0.29, 0.717) is 41.4 Å². The average molecular weight is 550 g/mol. The van der Waals surface area contributed by atoms with E-state index in [1.807, 2.05) is 4.90 Å². The van der Waals surface area contributed by atoms with Gasteiger partial charge >= 0.3 is 6.18 Å². The van der Waals surface area contributed by atoms with Crippen molar-refractivity contribution < 1.29 is 27.4 Å². The quantitative estimate of drug-likeness (QED) is 0.404. The van der Waals surface area contributed by atoms with Gasteiger partial charge in [0, 0.05) is 58.3 Å². The van der Waals surface area contributed by atoms with E-state index >= 15 is 0 Å². The second-order valence-corrected chi connectivity index (χ2v) is 11.0. The van der Waals surface area contributed by atoms with Gasteiger partial charge in [0.2, 0.25) is 0 Å². The van der Waals surface area contributed by atoms with Gasteiger partial charge in [-0.15, -0.1) is 0 Å². The van der Waals surface area contributed by atoms with E-state index in [1.54, 1.807) is 33.1 Å². The first-order valence-electron chi connectivity index (χ1n) is 13.4. The number of carbonyl (C=O) groups excluding carboxylic acids is 1. The summed E-state index contributed by atoms with van der Waals surface area (Å²) in [5, 5.41) is 12.0. The van der Waals surface area contributed by atoms with Crippen molar-refractivity contribution in [1.29, 1.82) is 0 Å². The van der Waals surface area contributed by atoms with E-state index in [4.69, 9.17) is 4.74 Å². The molecule has 0 aliphatic carbocycles. The number of halogens is 3. The first-order valence-corrected chi connectivity index (χ1v) is 13.4. The summed E-state index contributed by atoms with van der Waals surface area (Å²) in [6.07, 6.45) is -1.56. The average Bonchev–Trinajstić information content (AvgIpc) is 2.90. The van der Waals surface area contributed by atoms with Crippen molar-refractivity contribution in [3.8, 4) is 0 Å². The van der Waals surface area contributed by atoms with Gasteiger partial charge in [-0.25, -0.2) is 4.73 Å². The molecule has 39 heavy (non-hydrogen) atoms. The number of amides is 1. The number of hydrogen-bond acceptors (Lipinski definition) is 6. The molecule has 1 unspecified atom stereocenters. The summed E-state index contributed by atoms with van der Waals surface area (Å²) in [5.74, 6) is -0.151. The van der Waals surface area contributed by atoms with Crippen molar-refractivity contribution >= 4 is 5.91 Å². The molecule has 0 radical (unpaired) electrons. The molecule has 2 fully saturated rings. The number of alkyl halides is 3. The van der Waals surface area contributed by atoms with Gasteiger partial charge in [0.05, 0.1) is 18.2 Å². The Morgan fingerprint density at radius 1 is 1.18 bits per heavy atom. The molecule has 1 amide bonds. The molecule has 1 aromatic heterocycles. The number of ether oxygens (including phenoxy) is 1. The van der Waals surface area contributed by atoms with Crippen LogP contribution in [0.2, 0.25) is 0 Å². The lowest BCUT2D eigenvalue weighted by atomic mass is 9.86. The topological polar surface area (TPSA) is 75.9 Å². The Hall–Kier alpha value is -2.76. The van der Waals surface area contributed by atoms with Crippen molar-refractivity contribution in [2.75, 3.05) is 46.4 Å². The van der Waals surface area contributed by atoms with Gasteiger partial charge in [-0.3, -0.25) is 14.6 Å². The zero-order chi connectivity index (χ0) is 28.5. The molecule has 2 aromatic rings. The summed E-state index contributed by atoms with van der Waals surface area (Å²) < 4.78 is 45.3. The third kappa shape index (κ3) is 6.05. The van der Waals surface area contributed by atoms with E-state index in [-0.39, 0.29) is 23.5 Å². The fourth-order valence-corrected chi connectivity index (χ4v) is 6.00. The van der Waals surface area contributed by atoms with Crippen LogP contribution in [0.1, 0.15) is 65.6 Å². The number of aryl methyl sites for hydroxylation is 1. The summed E-state index contributed by atoms with van der Waals surface area (Å²) >= 11 is 0. The maximum absolute atomic E-state index is 13.3. The first kappa shape index (κ1) is 29.2. The minimum atomic E-state index is -4.36. The van der Waals surface area contributed by atoms with Gasteiger partial charge in [-0.1, -0.05) is 17.1 Å². The van der Waals surface area contributed by atoms with Crippen LogP contribution in [0.3, 0.4) is 0 Å². The molecule has 2 atom stereocenters. The SMILES string of the molecule is COC[C@@H](c1ccc(C(F)(F)F)cc1)N1CCN(C2(C)CCN(C(=O)c3c(C)nc[n+]([O-])c3C)CC2)CC1C. The van der Waals surface area contributed by atoms with Crippen LogP contribution >= 0.6 is 0 Å². The van der Waals surface area contributed by atoms with Crippen molar-refractivity contribution in [2.45, 2.75) is 64.3 Å². The minimum absolute atomic E-state index is 0.0836. The standard InChI is InChI=1S/C28H38F3N5O3/c1-19-16-34(14-15-35(19)24(17-39-5)22-6-8-23(9-7-22)28(29,30)31)27(4)10-12-33(13-11-27)26(37)25-20(2)32-18-36(38)21(25)3/h6-9,18-19,24H,10-17H2,1-5H3/t19?,24-/m0/s1. The van der Waals surface area contributed by atoms with E-state index in [2.05, 4.69) is 28.6 Å². The number of hydrogen-bond donors (Lipinski definition) is 0. The maximum Gasteiger partial charge on any atom is 0.416 e. The molecule has 1 aromatic carbocycles. The predicted octanol–water partition coefficient (Wildman–Crippen LogP) is 3.74. The smallest absolute Gasteiger partial charge is 0.416 e. The third-order valence-electron chi connectivity index (χ3n) is 8.54. The number of piperidine rings is 1. The molecule has 0 saturated carbocycles. The van der Waals surface area contributed by atoms with Crippen LogP contribution in [0.25, 0.3) is 0 Å². The van der Waals surface area contributed by atoms with Gasteiger partial charge in [0.25, 0.3) is 12.2 Å². The number of rotatable bonds is 6. The minimum Gasteiger partial charge on any atom is -0.711 e. The number of carbonyl (C=O) groups is 1. The fourth-order valence-electron chi connectivity index (χ4n) is 6.00. The zero-order valence-corrected chi connectivity index (χ0v) is 23.3. The van der Waals surface area contributed by atoms with E-state index in [9.17, 15) is 23.2 Å². The van der Waals surface area contributed by atoms with Crippen molar-refractivity contribution in [3.63, 3.8) is 0 Å². The van der Waals surface area contributed by atoms with Crippen molar-refractivity contribution in [2.24, 2.45) is 0 Å². The Morgan fingerprint density at radius 3 is 2.38 bits per heavy atom. The lowest BCUT2D eigenvalue weighted by Gasteiger charge is -2.52. The predicted molar refractivity (Wildman–Crippen MR) is 140 cm³/mol. The zero-order valence-electron chi connectivity index (χ0n) is 23.3. The summed E-state index contributed by atoms with van der Waals surface area (Å²) in [7, 11) is 1.61. The molecule has 4 rings (SSSR count). The van der Waals surface area contributed by atoms with Crippen molar-refractivity contribution in [1.82, 2.24) is 19.7 Å². The number of benzene rings is 1. The van der Waals surface area contributed by atoms with Crippen molar-refractivity contribution in [3.05, 3.63) is 63.9 Å². The second kappa shape index (κ2) is 11.4. The van der Waals surface area contributed by atoms with Crippen LogP contribution in [0.4, 0.5) is 13.2 Å². The van der Waals surface area contributed by atoms with E-state index in [0.717, 1.165) is 50.2 Å². The summed E-state index contributed by atoms with van der Waals surface area (Å²) in [6, 6.07) is 5.40. The van der Waals surface area contributed by atoms with Gasteiger partial charge < -0.3 is 14.8 Å². The number of likely N-dealkylation sites (tertiary alicyclic amines) is 1. The van der Waals surface area contributed by atoms with Gasteiger partial charge in [0.15, 0.2) is 5.69 Å². The molecule has 11 heteroatoms. The Morgan fingerprint density at radius 2 is 1.82 bits per heavy atom. The molecule has 3 heterocycles. The maximum atomic E-state index is 13.3. The molecule has 214 valence electrons. The Bertz CT molecular complexity index is 1170. The molecule has 2 aliphatic heterocycles. The highest BCUT2D eigenvalue weighted by atomic mass is 19.4. The Kier molecular flexibility index (Phi) is 8.53. The molecule has 0 spiro atoms. The van der Waals surface area contributed by atoms with Crippen LogP contribution in [0.5, 0.6) is 0 Å². The van der Waals surface area contributed by atoms with Crippen LogP contribution < -0.4 is 4.73 Å². The van der Waals surface area contributed by atoms with E-state index < -0.39 is 11.7 Å². The largest absolute Gasteiger partial charge is 0.711 e. The van der Waals surface area contributed by atoms with Crippen LogP contribution in [0.15, 0.2) is 30.6 Å². The molecule has 0 N–H and O–H groups in total. The van der Waals surface area contributed by atoms with Crippen LogP contribution in [-0.4, -0.2) is 83.6 Å². The highest BCUT2D eigenvalue weighted by Gasteiger charge is 2.42. The molecule has 8 nitrogen and oxygen atoms in total. The number of nitrogens with zero attached hydrogens (tertiary/aromatic N) is 5. The van der Waals surface area contributed by atoms with Crippen LogP contribution in [-0.2, 0) is 10.9 Å². The second-order valence-electron chi connectivity index (χ2n) is 11.0. The lowest BCUT2D eigenvalue weighted by Crippen LogP contribution is -2.62. The highest BCUT2D eigenvalue weighted by Crippen LogP contribution is 2.35. The molecular weight excluding hydrogens is 511 g/mol. The molecule has 2 aliphatic rings. The van der Waals surface area contributed by atoms with Gasteiger partial charge in [-0.2, -0.15) is 13.2 Å². The lowest BCUT2D eigenvalue weighted by molar-refractivity contribution is -0.615.